The highest BCUT2D eigenvalue weighted by Crippen LogP contribution is 2.43. The van der Waals surface area contributed by atoms with Crippen molar-refractivity contribution in [1.29, 1.82) is 5.26 Å². The molecule has 6 aromatic rings. The molecule has 0 bridgehead atoms. The molecule has 2 fully saturated rings. The van der Waals surface area contributed by atoms with E-state index in [1.54, 1.807) is 40.7 Å². The summed E-state index contributed by atoms with van der Waals surface area (Å²) in [4.78, 5) is 79.3. The molecule has 3 aromatic heterocycles. The minimum atomic E-state index is -2.05. The molecule has 3 unspecified atom stereocenters. The minimum absolute atomic E-state index is 0.0150. The van der Waals surface area contributed by atoms with E-state index < -0.39 is 41.8 Å². The first kappa shape index (κ1) is 49.2. The van der Waals surface area contributed by atoms with Crippen molar-refractivity contribution in [2.24, 2.45) is 0 Å². The van der Waals surface area contributed by atoms with E-state index in [9.17, 15) is 29.5 Å². The average molecular weight is 1010 g/mol. The molecule has 0 saturated carbocycles. The maximum absolute atomic E-state index is 14.2. The number of piperazine rings is 1. The van der Waals surface area contributed by atoms with Crippen molar-refractivity contribution in [3.05, 3.63) is 122 Å². The number of fused-ring (bicyclic) bond motifs is 7. The number of rotatable bonds is 12. The second-order valence-corrected chi connectivity index (χ2v) is 20.2. The molecule has 11 rings (SSSR count). The van der Waals surface area contributed by atoms with Crippen LogP contribution in [-0.4, -0.2) is 118 Å². The van der Waals surface area contributed by atoms with Crippen LogP contribution in [0.4, 0.5) is 16.3 Å². The molecule has 5 aliphatic heterocycles. The molecule has 1 amide bonds. The number of hydrogen-bond acceptors (Lipinski definition) is 16. The number of aromatic hydroxyl groups is 1. The lowest BCUT2D eigenvalue weighted by atomic mass is 9.85. The number of benzene rings is 3. The van der Waals surface area contributed by atoms with Crippen LogP contribution in [0.1, 0.15) is 78.6 Å². The largest absolute Gasteiger partial charge is 0.510 e. The Morgan fingerprint density at radius 2 is 1.79 bits per heavy atom. The van der Waals surface area contributed by atoms with Crippen molar-refractivity contribution in [1.82, 2.24) is 29.3 Å². The monoisotopic (exact) mass is 1010 g/mol. The zero-order valence-electron chi connectivity index (χ0n) is 42.7. The summed E-state index contributed by atoms with van der Waals surface area (Å²) in [5.74, 6) is -0.549. The topological polar surface area (TPSA) is 206 Å². The van der Waals surface area contributed by atoms with Crippen LogP contribution >= 0.6 is 0 Å². The Kier molecular flexibility index (Phi) is 12.9. The number of pyridine rings is 2. The Balaban J connectivity index is 0.805. The fourth-order valence-corrected chi connectivity index (χ4v) is 11.9. The predicted octanol–water partition coefficient (Wildman–Crippen LogP) is 6.98. The standard InChI is InChI=1S/C57H59N9O9/c1-6-39-41-25-38(67)16-17-45(41)59-50-42(39)28-66-48(50)26-44-43(53(66)69)32-72-54(70)57(44,7-2)75-56(71)74-30-34(4)52(68)65-24-23-64(27-36(65)18-20-58)51-40-19-22-63(47-15-9-13-35-12-8-11-33(3)49(35)47)29-46(40)60-55(61-51)73-31-37-14-10-21-62(37)5/h8-9,11-13,15-17,25-26,36-37,67H,4,6-7,10,14,18-19,21-24,27-32H2,1-3,5H3. The third-order valence-electron chi connectivity index (χ3n) is 15.9. The first-order valence-corrected chi connectivity index (χ1v) is 25.8. The van der Waals surface area contributed by atoms with E-state index in [0.717, 1.165) is 65.2 Å². The first-order valence-electron chi connectivity index (χ1n) is 25.8. The van der Waals surface area contributed by atoms with Gasteiger partial charge in [0.15, 0.2) is 0 Å². The van der Waals surface area contributed by atoms with E-state index in [0.29, 0.717) is 62.0 Å². The van der Waals surface area contributed by atoms with Gasteiger partial charge >= 0.3 is 18.1 Å². The normalized spacial score (nSPS) is 20.0. The van der Waals surface area contributed by atoms with E-state index in [-0.39, 0.29) is 61.0 Å². The number of likely N-dealkylation sites (N-methyl/N-ethyl adjacent to an activating group) is 1. The lowest BCUT2D eigenvalue weighted by molar-refractivity contribution is -0.175. The fraction of sp³-hybridized carbons (Fsp3) is 0.404. The fourth-order valence-electron chi connectivity index (χ4n) is 11.9. The lowest BCUT2D eigenvalue weighted by Crippen LogP contribution is -2.56. The number of likely N-dealkylation sites (tertiary alicyclic amines) is 1. The maximum Gasteiger partial charge on any atom is 0.510 e. The van der Waals surface area contributed by atoms with Gasteiger partial charge in [0.25, 0.3) is 11.5 Å². The van der Waals surface area contributed by atoms with Gasteiger partial charge in [0.2, 0.25) is 5.60 Å². The van der Waals surface area contributed by atoms with Gasteiger partial charge in [0.05, 0.1) is 59.8 Å². The third-order valence-corrected chi connectivity index (χ3v) is 15.9. The zero-order valence-corrected chi connectivity index (χ0v) is 42.7. The van der Waals surface area contributed by atoms with Crippen LogP contribution in [0.3, 0.4) is 0 Å². The number of amides is 1. The molecule has 3 aromatic carbocycles. The Morgan fingerprint density at radius 3 is 2.56 bits per heavy atom. The van der Waals surface area contributed by atoms with E-state index in [4.69, 9.17) is 33.9 Å². The highest BCUT2D eigenvalue weighted by Gasteiger charge is 2.51. The second kappa shape index (κ2) is 19.7. The molecule has 1 N–H and O–H groups in total. The van der Waals surface area contributed by atoms with Gasteiger partial charge in [-0.25, -0.2) is 14.6 Å². The predicted molar refractivity (Wildman–Crippen MR) is 279 cm³/mol. The van der Waals surface area contributed by atoms with Crippen LogP contribution in [0.2, 0.25) is 0 Å². The van der Waals surface area contributed by atoms with Gasteiger partial charge in [-0.2, -0.15) is 15.2 Å². The summed E-state index contributed by atoms with van der Waals surface area (Å²) in [7, 11) is 2.10. The van der Waals surface area contributed by atoms with Crippen molar-refractivity contribution >= 4 is 51.2 Å². The average Bonchev–Trinajstić information content (AvgIpc) is 4.03. The summed E-state index contributed by atoms with van der Waals surface area (Å²) in [6.07, 6.45) is 2.05. The van der Waals surface area contributed by atoms with Crippen molar-refractivity contribution in [3.8, 4) is 29.2 Å². The number of carbonyl (C=O) groups is 3. The number of ether oxygens (including phenoxy) is 4. The number of aryl methyl sites for hydroxylation is 2. The summed E-state index contributed by atoms with van der Waals surface area (Å²) < 4.78 is 24.9. The smallest absolute Gasteiger partial charge is 0.508 e. The lowest BCUT2D eigenvalue weighted by Gasteiger charge is -2.42. The molecule has 386 valence electrons. The first-order chi connectivity index (χ1) is 36.3. The molecule has 18 nitrogen and oxygen atoms in total. The summed E-state index contributed by atoms with van der Waals surface area (Å²) in [5.41, 5.74) is 5.40. The van der Waals surface area contributed by atoms with Crippen LogP contribution in [0.5, 0.6) is 11.8 Å². The van der Waals surface area contributed by atoms with Crippen molar-refractivity contribution in [2.75, 3.05) is 62.8 Å². The number of carbonyl (C=O) groups excluding carboxylic acids is 3. The summed E-state index contributed by atoms with van der Waals surface area (Å²) >= 11 is 0. The van der Waals surface area contributed by atoms with Crippen LogP contribution in [0.25, 0.3) is 33.1 Å². The number of aromatic nitrogens is 4. The quantitative estimate of drug-likeness (QED) is 0.0968. The number of cyclic esters (lactones) is 1. The van der Waals surface area contributed by atoms with Crippen molar-refractivity contribution in [3.63, 3.8) is 0 Å². The van der Waals surface area contributed by atoms with Gasteiger partial charge in [0.1, 0.15) is 31.4 Å². The molecule has 0 aliphatic carbocycles. The van der Waals surface area contributed by atoms with Crippen LogP contribution in [0.15, 0.2) is 77.6 Å². The van der Waals surface area contributed by atoms with Gasteiger partial charge in [-0.3, -0.25) is 9.59 Å². The van der Waals surface area contributed by atoms with Crippen molar-refractivity contribution in [2.45, 2.75) is 96.7 Å². The molecular formula is C57H59N9O9. The Bertz CT molecular complexity index is 3460. The highest BCUT2D eigenvalue weighted by molar-refractivity contribution is 5.97. The van der Waals surface area contributed by atoms with Gasteiger partial charge in [0, 0.05) is 70.9 Å². The molecule has 0 radical (unpaired) electrons. The number of nitrogens with zero attached hydrogens (tertiary/aromatic N) is 9. The molecule has 5 aliphatic rings. The highest BCUT2D eigenvalue weighted by atomic mass is 16.7. The number of esters is 1. The van der Waals surface area contributed by atoms with Crippen LogP contribution in [-0.2, 0) is 61.9 Å². The third kappa shape index (κ3) is 8.62. The number of phenolic OH excluding ortho intramolecular Hbond substituents is 1. The second-order valence-electron chi connectivity index (χ2n) is 20.2. The molecule has 2 saturated heterocycles. The van der Waals surface area contributed by atoms with E-state index in [1.807, 2.05) is 6.92 Å². The number of hydrogen-bond donors (Lipinski definition) is 1. The Labute approximate surface area is 433 Å². The Hall–Kier alpha value is -8.04. The summed E-state index contributed by atoms with van der Waals surface area (Å²) in [5, 5.41) is 23.5. The van der Waals surface area contributed by atoms with E-state index in [2.05, 4.69) is 77.7 Å². The molecule has 3 atom stereocenters. The van der Waals surface area contributed by atoms with Gasteiger partial charge in [-0.05, 0) is 99.5 Å². The molecule has 0 spiro atoms. The summed E-state index contributed by atoms with van der Waals surface area (Å²) in [6, 6.07) is 21.6. The van der Waals surface area contributed by atoms with E-state index in [1.165, 1.54) is 16.3 Å². The number of nitriles is 1. The maximum atomic E-state index is 14.2. The van der Waals surface area contributed by atoms with E-state index >= 15 is 0 Å². The zero-order chi connectivity index (χ0) is 52.3. The van der Waals surface area contributed by atoms with Crippen molar-refractivity contribution < 1.29 is 38.4 Å². The number of anilines is 2. The van der Waals surface area contributed by atoms with Crippen LogP contribution < -0.4 is 20.1 Å². The SMILES string of the molecule is C=C(COC(=O)OC1(CC)C(=O)OCc2c1cc1n(c2=O)Cc2c-1nc1ccc(O)cc1c2CC)C(=O)N1CCN(c2nc(OCC3CCCN3C)nc3c2CCN(c2cccc4cccc(C)c24)C3)CC1CC#N. The molecule has 75 heavy (non-hydrogen) atoms. The molecule has 18 heteroatoms. The molecule has 8 heterocycles. The number of phenols is 1. The Morgan fingerprint density at radius 1 is 0.960 bits per heavy atom. The van der Waals surface area contributed by atoms with Crippen LogP contribution in [0, 0.1) is 18.3 Å². The molecular weight excluding hydrogens is 955 g/mol. The van der Waals surface area contributed by atoms with Gasteiger partial charge < -0.3 is 48.2 Å². The minimum Gasteiger partial charge on any atom is -0.508 e. The van der Waals surface area contributed by atoms with Gasteiger partial charge in [-0.15, -0.1) is 0 Å². The van der Waals surface area contributed by atoms with Gasteiger partial charge in [-0.1, -0.05) is 50.8 Å². The summed E-state index contributed by atoms with van der Waals surface area (Å²) in [6.45, 7) is 12.7.